The van der Waals surface area contributed by atoms with Crippen LogP contribution in [0.1, 0.15) is 5.56 Å². The standard InChI is InChI=1S/C12H10BrClN2S/c13-9-2-4-12(16-6-9)17-7-8-1-3-10(15)5-11(8)14/h1-6H,7,15H2. The monoisotopic (exact) mass is 328 g/mol. The lowest BCUT2D eigenvalue weighted by Crippen LogP contribution is -1.88. The number of rotatable bonds is 3. The molecule has 17 heavy (non-hydrogen) atoms. The summed E-state index contributed by atoms with van der Waals surface area (Å²) in [4.78, 5) is 4.29. The molecule has 2 nitrogen and oxygen atoms in total. The maximum absolute atomic E-state index is 6.10. The number of nitrogens with two attached hydrogens (primary N) is 1. The Kier molecular flexibility index (Phi) is 4.31. The van der Waals surface area contributed by atoms with Crippen LogP contribution in [0.3, 0.4) is 0 Å². The summed E-state index contributed by atoms with van der Waals surface area (Å²) in [5.74, 6) is 0.785. The molecule has 2 aromatic rings. The van der Waals surface area contributed by atoms with E-state index in [4.69, 9.17) is 17.3 Å². The smallest absolute Gasteiger partial charge is 0.0963 e. The number of hydrogen-bond acceptors (Lipinski definition) is 3. The number of hydrogen-bond donors (Lipinski definition) is 1. The summed E-state index contributed by atoms with van der Waals surface area (Å²) >= 11 is 11.1. The molecule has 0 amide bonds. The molecule has 1 aromatic heterocycles. The minimum Gasteiger partial charge on any atom is -0.399 e. The van der Waals surface area contributed by atoms with E-state index in [0.29, 0.717) is 10.7 Å². The number of pyridine rings is 1. The van der Waals surface area contributed by atoms with Crippen LogP contribution < -0.4 is 5.73 Å². The van der Waals surface area contributed by atoms with E-state index < -0.39 is 0 Å². The van der Waals surface area contributed by atoms with Gasteiger partial charge in [-0.15, -0.1) is 11.8 Å². The first kappa shape index (κ1) is 12.7. The highest BCUT2D eigenvalue weighted by Gasteiger charge is 2.02. The van der Waals surface area contributed by atoms with Crippen LogP contribution in [0.15, 0.2) is 46.0 Å². The molecule has 0 spiro atoms. The quantitative estimate of drug-likeness (QED) is 0.671. The van der Waals surface area contributed by atoms with Crippen molar-refractivity contribution >= 4 is 45.0 Å². The maximum Gasteiger partial charge on any atom is 0.0963 e. The third kappa shape index (κ3) is 3.63. The van der Waals surface area contributed by atoms with Gasteiger partial charge >= 0.3 is 0 Å². The first-order valence-corrected chi connectivity index (χ1v) is 7.09. The van der Waals surface area contributed by atoms with Crippen LogP contribution >= 0.6 is 39.3 Å². The minimum atomic E-state index is 0.686. The third-order valence-electron chi connectivity index (χ3n) is 2.15. The van der Waals surface area contributed by atoms with Crippen molar-refractivity contribution in [2.24, 2.45) is 0 Å². The predicted octanol–water partition coefficient (Wildman–Crippen LogP) is 4.37. The van der Waals surface area contributed by atoms with E-state index >= 15 is 0 Å². The number of nitrogen functional groups attached to an aromatic ring is 1. The lowest BCUT2D eigenvalue weighted by molar-refractivity contribution is 1.12. The Morgan fingerprint density at radius 1 is 1.29 bits per heavy atom. The zero-order valence-corrected chi connectivity index (χ0v) is 12.0. The topological polar surface area (TPSA) is 38.9 Å². The number of thioether (sulfide) groups is 1. The highest BCUT2D eigenvalue weighted by molar-refractivity contribution is 9.10. The summed E-state index contributed by atoms with van der Waals surface area (Å²) in [7, 11) is 0. The molecule has 0 unspecified atom stereocenters. The van der Waals surface area contributed by atoms with Crippen LogP contribution in [-0.4, -0.2) is 4.98 Å². The van der Waals surface area contributed by atoms with E-state index in [-0.39, 0.29) is 0 Å². The average Bonchev–Trinajstić information content (AvgIpc) is 2.30. The second-order valence-electron chi connectivity index (χ2n) is 3.45. The molecule has 2 N–H and O–H groups in total. The van der Waals surface area contributed by atoms with Crippen molar-refractivity contribution in [1.82, 2.24) is 4.98 Å². The largest absolute Gasteiger partial charge is 0.399 e. The normalized spacial score (nSPS) is 10.5. The molecule has 2 rings (SSSR count). The Labute approximate surface area is 118 Å². The molecule has 0 bridgehead atoms. The number of halogens is 2. The lowest BCUT2D eigenvalue weighted by atomic mass is 10.2. The van der Waals surface area contributed by atoms with Gasteiger partial charge in [-0.1, -0.05) is 17.7 Å². The summed E-state index contributed by atoms with van der Waals surface area (Å²) in [6, 6.07) is 9.52. The maximum atomic E-state index is 6.10. The summed E-state index contributed by atoms with van der Waals surface area (Å²) in [5, 5.41) is 1.68. The molecule has 1 aromatic carbocycles. The number of nitrogens with zero attached hydrogens (tertiary/aromatic N) is 1. The molecule has 0 fully saturated rings. The Balaban J connectivity index is 2.04. The average molecular weight is 330 g/mol. The first-order chi connectivity index (χ1) is 8.15. The number of anilines is 1. The van der Waals surface area contributed by atoms with Gasteiger partial charge in [0.15, 0.2) is 0 Å². The van der Waals surface area contributed by atoms with Crippen molar-refractivity contribution in [3.63, 3.8) is 0 Å². The van der Waals surface area contributed by atoms with Gasteiger partial charge in [0.05, 0.1) is 5.03 Å². The van der Waals surface area contributed by atoms with Crippen LogP contribution in [0.2, 0.25) is 5.02 Å². The van der Waals surface area contributed by atoms with Crippen LogP contribution in [0.25, 0.3) is 0 Å². The Morgan fingerprint density at radius 3 is 2.76 bits per heavy atom. The predicted molar refractivity (Wildman–Crippen MR) is 77.4 cm³/mol. The van der Waals surface area contributed by atoms with Crippen molar-refractivity contribution < 1.29 is 0 Å². The molecule has 0 saturated heterocycles. The van der Waals surface area contributed by atoms with Crippen molar-refractivity contribution in [2.75, 3.05) is 5.73 Å². The number of benzene rings is 1. The van der Waals surface area contributed by atoms with Gasteiger partial charge in [0, 0.05) is 27.1 Å². The highest BCUT2D eigenvalue weighted by Crippen LogP contribution is 2.27. The van der Waals surface area contributed by atoms with Gasteiger partial charge < -0.3 is 5.73 Å². The number of aromatic nitrogens is 1. The minimum absolute atomic E-state index is 0.686. The molecule has 0 aliphatic heterocycles. The van der Waals surface area contributed by atoms with E-state index in [1.165, 1.54) is 0 Å². The second-order valence-corrected chi connectivity index (χ2v) is 5.77. The summed E-state index contributed by atoms with van der Waals surface area (Å²) in [6.07, 6.45) is 1.78. The molecular weight excluding hydrogens is 320 g/mol. The summed E-state index contributed by atoms with van der Waals surface area (Å²) in [6.45, 7) is 0. The van der Waals surface area contributed by atoms with Crippen molar-refractivity contribution in [3.8, 4) is 0 Å². The van der Waals surface area contributed by atoms with Gasteiger partial charge in [-0.2, -0.15) is 0 Å². The van der Waals surface area contributed by atoms with Crippen LogP contribution in [0.4, 0.5) is 5.69 Å². The van der Waals surface area contributed by atoms with E-state index in [1.54, 1.807) is 24.0 Å². The SMILES string of the molecule is Nc1ccc(CSc2ccc(Br)cn2)c(Cl)c1. The van der Waals surface area contributed by atoms with E-state index in [0.717, 1.165) is 20.8 Å². The van der Waals surface area contributed by atoms with Gasteiger partial charge in [-0.3, -0.25) is 0 Å². The first-order valence-electron chi connectivity index (χ1n) is 4.93. The van der Waals surface area contributed by atoms with E-state index in [1.807, 2.05) is 24.3 Å². The fourth-order valence-corrected chi connectivity index (χ4v) is 2.70. The van der Waals surface area contributed by atoms with E-state index in [2.05, 4.69) is 20.9 Å². The van der Waals surface area contributed by atoms with E-state index in [9.17, 15) is 0 Å². The summed E-state index contributed by atoms with van der Waals surface area (Å²) < 4.78 is 0.979. The highest BCUT2D eigenvalue weighted by atomic mass is 79.9. The van der Waals surface area contributed by atoms with Gasteiger partial charge in [0.1, 0.15) is 0 Å². The summed E-state index contributed by atoms with van der Waals surface area (Å²) in [5.41, 5.74) is 7.39. The van der Waals surface area contributed by atoms with Gasteiger partial charge in [-0.05, 0) is 45.8 Å². The van der Waals surface area contributed by atoms with Crippen molar-refractivity contribution in [1.29, 1.82) is 0 Å². The van der Waals surface area contributed by atoms with Crippen LogP contribution in [0, 0.1) is 0 Å². The third-order valence-corrected chi connectivity index (χ3v) is 3.97. The van der Waals surface area contributed by atoms with Crippen LogP contribution in [-0.2, 0) is 5.75 Å². The van der Waals surface area contributed by atoms with Gasteiger partial charge in [0.2, 0.25) is 0 Å². The molecule has 0 radical (unpaired) electrons. The Hall–Kier alpha value is -0.710. The second kappa shape index (κ2) is 5.76. The lowest BCUT2D eigenvalue weighted by Gasteiger charge is -2.04. The molecule has 0 saturated carbocycles. The van der Waals surface area contributed by atoms with Gasteiger partial charge in [-0.25, -0.2) is 4.98 Å². The van der Waals surface area contributed by atoms with Crippen molar-refractivity contribution in [2.45, 2.75) is 10.8 Å². The molecule has 0 atom stereocenters. The zero-order valence-electron chi connectivity index (χ0n) is 8.86. The zero-order chi connectivity index (χ0) is 12.3. The fraction of sp³-hybridized carbons (Fsp3) is 0.0833. The fourth-order valence-electron chi connectivity index (χ4n) is 1.28. The van der Waals surface area contributed by atoms with Crippen LogP contribution in [0.5, 0.6) is 0 Å². The molecule has 0 aliphatic carbocycles. The molecular formula is C12H10BrClN2S. The van der Waals surface area contributed by atoms with Gasteiger partial charge in [0.25, 0.3) is 0 Å². The molecule has 5 heteroatoms. The molecule has 1 heterocycles. The molecule has 88 valence electrons. The van der Waals surface area contributed by atoms with Crippen molar-refractivity contribution in [3.05, 3.63) is 51.6 Å². The Bertz CT molecular complexity index is 516. The Morgan fingerprint density at radius 2 is 2.12 bits per heavy atom. The molecule has 0 aliphatic rings.